The predicted molar refractivity (Wildman–Crippen MR) is 115 cm³/mol. The van der Waals surface area contributed by atoms with Gasteiger partial charge >= 0.3 is 0 Å². The fourth-order valence-electron chi connectivity index (χ4n) is 5.01. The molecule has 142 valence electrons. The van der Waals surface area contributed by atoms with Crippen molar-refractivity contribution in [3.05, 3.63) is 69.2 Å². The number of rotatable bonds is 2. The fourth-order valence-corrected chi connectivity index (χ4v) is 5.01. The van der Waals surface area contributed by atoms with Crippen LogP contribution in [0.5, 0.6) is 0 Å². The second kappa shape index (κ2) is 7.33. The molecule has 0 unspecified atom stereocenters. The molecule has 0 atom stereocenters. The zero-order chi connectivity index (χ0) is 19.7. The van der Waals surface area contributed by atoms with Crippen LogP contribution in [0.1, 0.15) is 56.2 Å². The smallest absolute Gasteiger partial charge is 0.265 e. The molecule has 3 heteroatoms. The van der Waals surface area contributed by atoms with Gasteiger partial charge in [-0.2, -0.15) is 0 Å². The number of aryl methyl sites for hydroxylation is 2. The van der Waals surface area contributed by atoms with Gasteiger partial charge in [-0.1, -0.05) is 32.1 Å². The number of anilines is 1. The Morgan fingerprint density at radius 1 is 1.14 bits per heavy atom. The number of hydrogen-bond acceptors (Lipinski definition) is 2. The van der Waals surface area contributed by atoms with E-state index in [1.165, 1.54) is 66.7 Å². The third-order valence-corrected chi connectivity index (χ3v) is 6.08. The third kappa shape index (κ3) is 3.63. The molecule has 1 aromatic rings. The Balaban J connectivity index is 1.67. The van der Waals surface area contributed by atoms with Crippen molar-refractivity contribution >= 4 is 11.8 Å². The lowest BCUT2D eigenvalue weighted by Crippen LogP contribution is -2.34. The average Bonchev–Trinajstić information content (AvgIpc) is 2.67. The van der Waals surface area contributed by atoms with Crippen LogP contribution in [0.25, 0.3) is 10.9 Å². The van der Waals surface area contributed by atoms with E-state index in [0.717, 1.165) is 18.4 Å². The number of benzene rings is 1. The summed E-state index contributed by atoms with van der Waals surface area (Å²) >= 11 is 0. The molecule has 0 fully saturated rings. The van der Waals surface area contributed by atoms with Crippen LogP contribution in [0.15, 0.2) is 41.1 Å². The topological polar surface area (TPSA) is 31.4 Å². The van der Waals surface area contributed by atoms with E-state index in [1.807, 2.05) is 0 Å². The summed E-state index contributed by atoms with van der Waals surface area (Å²) in [5.41, 5.74) is 8.17. The molecule has 0 aromatic heterocycles. The molecule has 3 nitrogen and oxygen atoms in total. The van der Waals surface area contributed by atoms with Crippen molar-refractivity contribution in [1.82, 2.24) is 0 Å². The summed E-state index contributed by atoms with van der Waals surface area (Å²) in [5.74, 6) is 0. The van der Waals surface area contributed by atoms with Crippen molar-refractivity contribution in [3.8, 4) is 6.07 Å². The molecule has 4 rings (SSSR count). The monoisotopic (exact) mass is 369 g/mol. The normalized spacial score (nSPS) is 22.1. The Hall–Kier alpha value is -2.78. The van der Waals surface area contributed by atoms with Crippen LogP contribution >= 0.6 is 0 Å². The summed E-state index contributed by atoms with van der Waals surface area (Å²) in [6.07, 6.45) is 13.1. The van der Waals surface area contributed by atoms with Gasteiger partial charge in [-0.15, -0.1) is 0 Å². The quantitative estimate of drug-likeness (QED) is 0.484. The Bertz CT molecular complexity index is 929. The highest BCUT2D eigenvalue weighted by Gasteiger charge is 2.27. The molecule has 0 N–H and O–H groups in total. The van der Waals surface area contributed by atoms with E-state index in [2.05, 4.69) is 60.0 Å². The van der Waals surface area contributed by atoms with Gasteiger partial charge in [0.1, 0.15) is 0 Å². The highest BCUT2D eigenvalue weighted by molar-refractivity contribution is 5.68. The Labute approximate surface area is 168 Å². The van der Waals surface area contributed by atoms with Crippen LogP contribution in [0.2, 0.25) is 0 Å². The van der Waals surface area contributed by atoms with Crippen molar-refractivity contribution in [2.24, 2.45) is 5.41 Å². The summed E-state index contributed by atoms with van der Waals surface area (Å²) in [6, 6.07) is 6.78. The predicted octanol–water partition coefficient (Wildman–Crippen LogP) is 5.84. The Morgan fingerprint density at radius 3 is 2.43 bits per heavy atom. The summed E-state index contributed by atoms with van der Waals surface area (Å²) in [7, 11) is 0. The van der Waals surface area contributed by atoms with Crippen molar-refractivity contribution < 1.29 is 0 Å². The maximum Gasteiger partial charge on any atom is 0.265 e. The van der Waals surface area contributed by atoms with Gasteiger partial charge in [-0.25, -0.2) is 10.1 Å². The van der Waals surface area contributed by atoms with Gasteiger partial charge in [-0.3, -0.25) is 0 Å². The van der Waals surface area contributed by atoms with Crippen molar-refractivity contribution in [2.45, 2.75) is 52.4 Å². The second-order valence-corrected chi connectivity index (χ2v) is 9.05. The van der Waals surface area contributed by atoms with Crippen LogP contribution in [0.4, 0.5) is 5.69 Å². The first-order chi connectivity index (χ1) is 13.5. The highest BCUT2D eigenvalue weighted by atomic mass is 15.1. The van der Waals surface area contributed by atoms with Crippen LogP contribution in [-0.4, -0.2) is 13.1 Å². The van der Waals surface area contributed by atoms with Crippen LogP contribution < -0.4 is 4.90 Å². The number of allylic oxidation sites excluding steroid dienone is 5. The van der Waals surface area contributed by atoms with Crippen LogP contribution in [-0.2, 0) is 12.8 Å². The zero-order valence-electron chi connectivity index (χ0n) is 16.9. The minimum atomic E-state index is 0.0683. The van der Waals surface area contributed by atoms with E-state index >= 15 is 0 Å². The largest absolute Gasteiger partial charge is 0.371 e. The maximum atomic E-state index is 9.27. The number of hydrogen-bond donors (Lipinski definition) is 0. The molecule has 0 bridgehead atoms. The number of nitriles is 1. The van der Waals surface area contributed by atoms with Gasteiger partial charge in [0.25, 0.3) is 5.70 Å². The van der Waals surface area contributed by atoms with E-state index in [1.54, 1.807) is 0 Å². The van der Waals surface area contributed by atoms with E-state index in [0.29, 0.717) is 0 Å². The summed E-state index contributed by atoms with van der Waals surface area (Å²) in [5, 5.41) is 9.27. The Morgan fingerprint density at radius 2 is 1.82 bits per heavy atom. The van der Waals surface area contributed by atoms with Gasteiger partial charge < -0.3 is 4.90 Å². The maximum absolute atomic E-state index is 9.27. The third-order valence-electron chi connectivity index (χ3n) is 6.08. The van der Waals surface area contributed by atoms with Crippen molar-refractivity contribution in [1.29, 1.82) is 5.26 Å². The lowest BCUT2D eigenvalue weighted by atomic mass is 9.74. The van der Waals surface area contributed by atoms with Gasteiger partial charge in [0.15, 0.2) is 0 Å². The lowest BCUT2D eigenvalue weighted by Gasteiger charge is -2.37. The first kappa shape index (κ1) is 18.6. The molecule has 0 amide bonds. The Kier molecular flexibility index (Phi) is 4.86. The molecule has 2 aliphatic heterocycles. The van der Waals surface area contributed by atoms with Gasteiger partial charge in [0.2, 0.25) is 0 Å². The second-order valence-electron chi connectivity index (χ2n) is 9.05. The van der Waals surface area contributed by atoms with E-state index in [9.17, 15) is 5.26 Å². The van der Waals surface area contributed by atoms with Gasteiger partial charge in [-0.05, 0) is 83.9 Å². The van der Waals surface area contributed by atoms with Crippen molar-refractivity contribution in [3.63, 3.8) is 0 Å². The SMILES string of the molecule is [C-]#[N+]/C(C#N)=C1C=C(/C=C/c2cc3c4c(c2)CCCN4CCC3)CC(C)(C)C/1. The van der Waals surface area contributed by atoms with Crippen molar-refractivity contribution in [2.75, 3.05) is 18.0 Å². The zero-order valence-corrected chi connectivity index (χ0v) is 16.9. The molecule has 0 saturated carbocycles. The lowest BCUT2D eigenvalue weighted by molar-refractivity contribution is 0.354. The molecule has 2 heterocycles. The molecule has 0 saturated heterocycles. The first-order valence-electron chi connectivity index (χ1n) is 10.3. The fraction of sp³-hybridized carbons (Fsp3) is 0.440. The van der Waals surface area contributed by atoms with Gasteiger partial charge in [0.05, 0.1) is 12.6 Å². The first-order valence-corrected chi connectivity index (χ1v) is 10.3. The molecular formula is C25H27N3. The minimum absolute atomic E-state index is 0.0683. The summed E-state index contributed by atoms with van der Waals surface area (Å²) in [6.45, 7) is 14.1. The van der Waals surface area contributed by atoms with Crippen LogP contribution in [0, 0.1) is 23.3 Å². The summed E-state index contributed by atoms with van der Waals surface area (Å²) < 4.78 is 0. The summed E-state index contributed by atoms with van der Waals surface area (Å²) in [4.78, 5) is 6.00. The van der Waals surface area contributed by atoms with E-state index in [4.69, 9.17) is 6.57 Å². The van der Waals surface area contributed by atoms with E-state index in [-0.39, 0.29) is 11.1 Å². The molecule has 1 aliphatic carbocycles. The molecule has 0 spiro atoms. The minimum Gasteiger partial charge on any atom is -0.371 e. The van der Waals surface area contributed by atoms with Gasteiger partial charge in [0, 0.05) is 18.8 Å². The number of nitrogens with zero attached hydrogens (tertiary/aromatic N) is 3. The van der Waals surface area contributed by atoms with E-state index < -0.39 is 0 Å². The molecule has 0 radical (unpaired) electrons. The average molecular weight is 370 g/mol. The standard InChI is InChI=1S/C25H27N3/c1-25(2)15-19(14-22(16-25)23(17-26)27-3)9-8-18-12-20-6-4-10-28-11-5-7-21(13-18)24(20)28/h8-9,12-14H,4-7,10-11,15-16H2,1-2H3/b9-8+,23-22-. The van der Waals surface area contributed by atoms with Crippen LogP contribution in [0.3, 0.4) is 0 Å². The molecule has 28 heavy (non-hydrogen) atoms. The molecular weight excluding hydrogens is 342 g/mol. The molecule has 3 aliphatic rings. The molecule has 1 aromatic carbocycles. The highest BCUT2D eigenvalue weighted by Crippen LogP contribution is 2.40.